The van der Waals surface area contributed by atoms with E-state index in [4.69, 9.17) is 13.9 Å². The van der Waals surface area contributed by atoms with E-state index in [-0.39, 0.29) is 45.2 Å². The molecule has 0 amide bonds. The molecule has 1 saturated heterocycles. The van der Waals surface area contributed by atoms with Crippen molar-refractivity contribution in [1.82, 2.24) is 9.88 Å². The fourth-order valence-corrected chi connectivity index (χ4v) is 5.65. The number of nitrogens with zero attached hydrogens (tertiary/aromatic N) is 2. The number of halogens is 1. The van der Waals surface area contributed by atoms with Gasteiger partial charge in [0.1, 0.15) is 45.4 Å². The zero-order valence-electron chi connectivity index (χ0n) is 29.3. The molecule has 51 heavy (non-hydrogen) atoms. The second-order valence-corrected chi connectivity index (χ2v) is 12.1. The Bertz CT molecular complexity index is 2120. The van der Waals surface area contributed by atoms with Crippen molar-refractivity contribution < 1.29 is 33.3 Å². The maximum Gasteiger partial charge on any atom is 0.346 e. The molecule has 2 fully saturated rings. The van der Waals surface area contributed by atoms with Crippen molar-refractivity contribution in [2.45, 2.75) is 59.4 Å². The number of benzene rings is 3. The third-order valence-corrected chi connectivity index (χ3v) is 8.57. The summed E-state index contributed by atoms with van der Waals surface area (Å²) in [5.74, 6) is -1.49. The van der Waals surface area contributed by atoms with Crippen molar-refractivity contribution in [3.05, 3.63) is 92.6 Å². The van der Waals surface area contributed by atoms with E-state index in [0.29, 0.717) is 35.6 Å². The van der Waals surface area contributed by atoms with Gasteiger partial charge >= 0.3 is 5.97 Å². The number of anilines is 1. The number of piperazine rings is 1. The molecule has 11 nitrogen and oxygen atoms in total. The van der Waals surface area contributed by atoms with Crippen LogP contribution in [0.2, 0.25) is 0 Å². The van der Waals surface area contributed by atoms with E-state index in [1.54, 1.807) is 30.3 Å². The normalized spacial score (nSPS) is 13.9. The smallest absolute Gasteiger partial charge is 0.346 e. The maximum atomic E-state index is 15.2. The van der Waals surface area contributed by atoms with Crippen molar-refractivity contribution in [2.24, 2.45) is 0 Å². The Morgan fingerprint density at radius 2 is 1.67 bits per heavy atom. The standard InChI is InChI=1S/C33H28FN3O8.C4H10.C2H6/c34-24-13-22-25(14-26(24)36-9-7-35-8-10-36)37(19-3-4-19)16-23(32(22)41)33(42)44-17-43-21-5-1-18(2-6-21)29-15-28(40)31-27(39)11-20(38)12-30(31)45-29;1-3-4-2;1-2/h1-2,5-6,11-16,19,35,38-39H,3-4,7-10,17H2;3-4H2,1-2H3;1-2H3. The minimum Gasteiger partial charge on any atom is -0.508 e. The highest BCUT2D eigenvalue weighted by Crippen LogP contribution is 2.38. The van der Waals surface area contributed by atoms with Gasteiger partial charge in [0, 0.05) is 67.6 Å². The zero-order chi connectivity index (χ0) is 36.7. The van der Waals surface area contributed by atoms with Crippen LogP contribution in [0.4, 0.5) is 10.1 Å². The number of fused-ring (bicyclic) bond motifs is 2. The molecule has 3 heterocycles. The summed E-state index contributed by atoms with van der Waals surface area (Å²) in [5, 5.41) is 23.1. The van der Waals surface area contributed by atoms with E-state index in [1.807, 2.05) is 23.3 Å². The highest BCUT2D eigenvalue weighted by Gasteiger charge is 2.28. The maximum absolute atomic E-state index is 15.2. The van der Waals surface area contributed by atoms with Crippen molar-refractivity contribution in [2.75, 3.05) is 37.9 Å². The first-order valence-corrected chi connectivity index (χ1v) is 17.4. The molecule has 12 heteroatoms. The second kappa shape index (κ2) is 16.6. The number of unbranched alkanes of at least 4 members (excludes halogenated alkanes) is 1. The lowest BCUT2D eigenvalue weighted by atomic mass is 10.1. The van der Waals surface area contributed by atoms with Gasteiger partial charge in [-0.3, -0.25) is 9.59 Å². The van der Waals surface area contributed by atoms with Crippen LogP contribution >= 0.6 is 0 Å². The molecule has 0 spiro atoms. The van der Waals surface area contributed by atoms with E-state index in [9.17, 15) is 24.6 Å². The molecule has 7 rings (SSSR count). The number of aromatic nitrogens is 1. The third-order valence-electron chi connectivity index (χ3n) is 8.57. The number of esters is 1. The minimum absolute atomic E-state index is 0.0272. The number of hydrogen-bond donors (Lipinski definition) is 3. The summed E-state index contributed by atoms with van der Waals surface area (Å²) in [4.78, 5) is 40.8. The van der Waals surface area contributed by atoms with Crippen LogP contribution in [0.25, 0.3) is 33.2 Å². The van der Waals surface area contributed by atoms with Gasteiger partial charge in [0.25, 0.3) is 0 Å². The fraction of sp³-hybridized carbons (Fsp3) is 0.359. The number of carbonyl (C=O) groups is 1. The number of phenols is 2. The van der Waals surface area contributed by atoms with Crippen LogP contribution < -0.4 is 25.8 Å². The minimum atomic E-state index is -0.885. The first-order valence-electron chi connectivity index (χ1n) is 17.4. The van der Waals surface area contributed by atoms with Gasteiger partial charge in [-0.2, -0.15) is 0 Å². The topological polar surface area (TPSA) is 143 Å². The van der Waals surface area contributed by atoms with Crippen LogP contribution in [0.5, 0.6) is 17.2 Å². The molecular formula is C39H44FN3O8. The molecule has 2 aromatic heterocycles. The zero-order valence-corrected chi connectivity index (χ0v) is 29.3. The molecule has 3 aromatic carbocycles. The van der Waals surface area contributed by atoms with Crippen LogP contribution in [0.1, 0.15) is 69.8 Å². The summed E-state index contributed by atoms with van der Waals surface area (Å²) in [5.41, 5.74) is 0.277. The van der Waals surface area contributed by atoms with E-state index in [1.165, 1.54) is 37.2 Å². The molecule has 3 N–H and O–H groups in total. The molecule has 0 atom stereocenters. The molecule has 2 aliphatic rings. The molecule has 1 aliphatic carbocycles. The van der Waals surface area contributed by atoms with Gasteiger partial charge in [0.05, 0.1) is 11.2 Å². The molecule has 0 unspecified atom stereocenters. The number of carbonyl (C=O) groups excluding carboxylic acids is 1. The van der Waals surface area contributed by atoms with E-state index in [0.717, 1.165) is 32.0 Å². The fourth-order valence-electron chi connectivity index (χ4n) is 5.65. The summed E-state index contributed by atoms with van der Waals surface area (Å²) in [7, 11) is 0. The Labute approximate surface area is 294 Å². The summed E-state index contributed by atoms with van der Waals surface area (Å²) < 4.78 is 33.6. The third kappa shape index (κ3) is 8.34. The van der Waals surface area contributed by atoms with E-state index < -0.39 is 29.4 Å². The number of phenolic OH excluding ortho intramolecular Hbond substituents is 2. The Hall–Kier alpha value is -5.36. The summed E-state index contributed by atoms with van der Waals surface area (Å²) in [6.45, 7) is 10.7. The van der Waals surface area contributed by atoms with Crippen LogP contribution in [0, 0.1) is 5.82 Å². The summed E-state index contributed by atoms with van der Waals surface area (Å²) in [6, 6.07) is 12.9. The van der Waals surface area contributed by atoms with Gasteiger partial charge < -0.3 is 38.9 Å². The van der Waals surface area contributed by atoms with E-state index in [2.05, 4.69) is 19.2 Å². The van der Waals surface area contributed by atoms with E-state index >= 15 is 4.39 Å². The number of pyridine rings is 1. The van der Waals surface area contributed by atoms with Gasteiger partial charge in [-0.1, -0.05) is 40.5 Å². The first-order chi connectivity index (χ1) is 24.7. The number of hydrogen-bond acceptors (Lipinski definition) is 10. The van der Waals surface area contributed by atoms with Gasteiger partial charge in [-0.05, 0) is 49.2 Å². The molecule has 5 aromatic rings. The van der Waals surface area contributed by atoms with Crippen LogP contribution in [-0.4, -0.2) is 53.7 Å². The number of ether oxygens (including phenoxy) is 2. The molecule has 0 radical (unpaired) electrons. The monoisotopic (exact) mass is 701 g/mol. The SMILES string of the molecule is CC.CCCC.O=C(OCOc1ccc(-c2cc(=O)c3c(O)cc(O)cc3o2)cc1)c1cn(C2CC2)c2cc(N3CCNCC3)c(F)cc2c1=O. The average molecular weight is 702 g/mol. The van der Waals surface area contributed by atoms with Gasteiger partial charge in [0.15, 0.2) is 5.43 Å². The lowest BCUT2D eigenvalue weighted by molar-refractivity contribution is 0.0152. The Balaban J connectivity index is 0.000000787. The Morgan fingerprint density at radius 1 is 0.980 bits per heavy atom. The van der Waals surface area contributed by atoms with Gasteiger partial charge in [-0.15, -0.1) is 0 Å². The van der Waals surface area contributed by atoms with Gasteiger partial charge in [0.2, 0.25) is 12.2 Å². The second-order valence-electron chi connectivity index (χ2n) is 12.1. The molecule has 270 valence electrons. The average Bonchev–Trinajstić information content (AvgIpc) is 3.98. The highest BCUT2D eigenvalue weighted by atomic mass is 19.1. The van der Waals surface area contributed by atoms with Crippen LogP contribution in [0.15, 0.2) is 74.8 Å². The van der Waals surface area contributed by atoms with Crippen molar-refractivity contribution in [3.8, 4) is 28.6 Å². The van der Waals surface area contributed by atoms with Crippen molar-refractivity contribution >= 4 is 33.5 Å². The number of aromatic hydroxyl groups is 2. The Kier molecular flexibility index (Phi) is 12.0. The highest BCUT2D eigenvalue weighted by molar-refractivity contribution is 5.94. The molecule has 1 aliphatic heterocycles. The first kappa shape index (κ1) is 36.9. The molecular weight excluding hydrogens is 657 g/mol. The predicted octanol–water partition coefficient (Wildman–Crippen LogP) is 7.10. The molecule has 0 bridgehead atoms. The summed E-state index contributed by atoms with van der Waals surface area (Å²) >= 11 is 0. The van der Waals surface area contributed by atoms with Gasteiger partial charge in [-0.25, -0.2) is 9.18 Å². The van der Waals surface area contributed by atoms with Crippen LogP contribution in [-0.2, 0) is 4.74 Å². The van der Waals surface area contributed by atoms with Crippen LogP contribution in [0.3, 0.4) is 0 Å². The number of nitrogens with one attached hydrogen (secondary N) is 1. The summed E-state index contributed by atoms with van der Waals surface area (Å²) in [6.07, 6.45) is 5.91. The largest absolute Gasteiger partial charge is 0.508 e. The van der Waals surface area contributed by atoms with Crippen molar-refractivity contribution in [1.29, 1.82) is 0 Å². The quantitative estimate of drug-likeness (QED) is 0.113. The van der Waals surface area contributed by atoms with Crippen molar-refractivity contribution in [3.63, 3.8) is 0 Å². The lowest BCUT2D eigenvalue weighted by Crippen LogP contribution is -2.43. The number of rotatable bonds is 8. The lowest BCUT2D eigenvalue weighted by Gasteiger charge is -2.30. The Morgan fingerprint density at radius 3 is 2.31 bits per heavy atom. The predicted molar refractivity (Wildman–Crippen MR) is 196 cm³/mol. The molecule has 1 saturated carbocycles.